The van der Waals surface area contributed by atoms with Crippen molar-refractivity contribution in [2.45, 2.75) is 33.8 Å². The van der Waals surface area contributed by atoms with Gasteiger partial charge in [-0.25, -0.2) is 4.79 Å². The van der Waals surface area contributed by atoms with Gasteiger partial charge in [-0.3, -0.25) is 4.79 Å². The molecule has 2 unspecified atom stereocenters. The Morgan fingerprint density at radius 2 is 1.60 bits per heavy atom. The molecular weight excluding hydrogens is 200 g/mol. The molecule has 0 saturated carbocycles. The number of hydrogen-bond donors (Lipinski definition) is 0. The van der Waals surface area contributed by atoms with Crippen LogP contribution in [-0.4, -0.2) is 31.4 Å². The van der Waals surface area contributed by atoms with Gasteiger partial charge in [-0.2, -0.15) is 0 Å². The fourth-order valence-electron chi connectivity index (χ4n) is 0.871. The van der Waals surface area contributed by atoms with Crippen molar-refractivity contribution in [3.8, 4) is 0 Å². The van der Waals surface area contributed by atoms with Crippen LogP contribution < -0.4 is 0 Å². The fourth-order valence-corrected chi connectivity index (χ4v) is 0.871. The SMILES string of the molecule is CCOC(=O)OC(C)C(C)C(=O)OCC. The molecule has 5 heteroatoms. The second kappa shape index (κ2) is 7.09. The molecule has 0 radical (unpaired) electrons. The second-order valence-electron chi connectivity index (χ2n) is 3.05. The van der Waals surface area contributed by atoms with Crippen LogP contribution in [-0.2, 0) is 19.0 Å². The van der Waals surface area contributed by atoms with E-state index in [1.54, 1.807) is 27.7 Å². The summed E-state index contributed by atoms with van der Waals surface area (Å²) < 4.78 is 14.2. The molecular formula is C10H18O5. The Morgan fingerprint density at radius 1 is 1.07 bits per heavy atom. The lowest BCUT2D eigenvalue weighted by molar-refractivity contribution is -0.151. The van der Waals surface area contributed by atoms with Crippen LogP contribution in [0.1, 0.15) is 27.7 Å². The van der Waals surface area contributed by atoms with Gasteiger partial charge < -0.3 is 14.2 Å². The van der Waals surface area contributed by atoms with Crippen LogP contribution in [0.5, 0.6) is 0 Å². The van der Waals surface area contributed by atoms with Gasteiger partial charge in [-0.05, 0) is 27.7 Å². The highest BCUT2D eigenvalue weighted by Crippen LogP contribution is 2.10. The summed E-state index contributed by atoms with van der Waals surface area (Å²) in [5.41, 5.74) is 0. The lowest BCUT2D eigenvalue weighted by Gasteiger charge is -2.18. The van der Waals surface area contributed by atoms with Crippen LogP contribution >= 0.6 is 0 Å². The van der Waals surface area contributed by atoms with E-state index in [0.29, 0.717) is 6.61 Å². The van der Waals surface area contributed by atoms with E-state index >= 15 is 0 Å². The van der Waals surface area contributed by atoms with E-state index in [1.165, 1.54) is 0 Å². The van der Waals surface area contributed by atoms with Crippen LogP contribution in [0.25, 0.3) is 0 Å². The smallest absolute Gasteiger partial charge is 0.466 e. The first kappa shape index (κ1) is 13.7. The summed E-state index contributed by atoms with van der Waals surface area (Å²) in [6.07, 6.45) is -1.32. The largest absolute Gasteiger partial charge is 0.508 e. The summed E-state index contributed by atoms with van der Waals surface area (Å²) in [5.74, 6) is -0.872. The van der Waals surface area contributed by atoms with Gasteiger partial charge in [0.2, 0.25) is 0 Å². The predicted octanol–water partition coefficient (Wildman–Crippen LogP) is 1.75. The topological polar surface area (TPSA) is 61.8 Å². The molecule has 0 aliphatic carbocycles. The van der Waals surface area contributed by atoms with Crippen molar-refractivity contribution in [1.29, 1.82) is 0 Å². The summed E-state index contributed by atoms with van der Waals surface area (Å²) in [7, 11) is 0. The summed E-state index contributed by atoms with van der Waals surface area (Å²) in [4.78, 5) is 22.2. The molecule has 0 saturated heterocycles. The van der Waals surface area contributed by atoms with Crippen LogP contribution in [0.15, 0.2) is 0 Å². The molecule has 0 aliphatic heterocycles. The number of ether oxygens (including phenoxy) is 3. The highest BCUT2D eigenvalue weighted by atomic mass is 16.7. The zero-order valence-corrected chi connectivity index (χ0v) is 9.61. The quantitative estimate of drug-likeness (QED) is 0.658. The van der Waals surface area contributed by atoms with E-state index < -0.39 is 18.2 Å². The molecule has 0 spiro atoms. The van der Waals surface area contributed by atoms with Gasteiger partial charge in [-0.15, -0.1) is 0 Å². The van der Waals surface area contributed by atoms with E-state index in [4.69, 9.17) is 9.47 Å². The molecule has 0 aliphatic rings. The number of hydrogen-bond acceptors (Lipinski definition) is 5. The minimum absolute atomic E-state index is 0.249. The van der Waals surface area contributed by atoms with Gasteiger partial charge in [0.15, 0.2) is 0 Å². The summed E-state index contributed by atoms with van der Waals surface area (Å²) in [5, 5.41) is 0. The molecule has 0 heterocycles. The summed E-state index contributed by atoms with van der Waals surface area (Å²) in [6, 6.07) is 0. The summed E-state index contributed by atoms with van der Waals surface area (Å²) in [6.45, 7) is 7.23. The maximum atomic E-state index is 11.3. The average molecular weight is 218 g/mol. The highest BCUT2D eigenvalue weighted by Gasteiger charge is 2.24. The van der Waals surface area contributed by atoms with Gasteiger partial charge in [0.25, 0.3) is 0 Å². The molecule has 0 fully saturated rings. The number of rotatable bonds is 5. The molecule has 2 atom stereocenters. The summed E-state index contributed by atoms with van der Waals surface area (Å²) >= 11 is 0. The third-order valence-corrected chi connectivity index (χ3v) is 1.91. The molecule has 5 nitrogen and oxygen atoms in total. The van der Waals surface area contributed by atoms with Gasteiger partial charge >= 0.3 is 12.1 Å². The lowest BCUT2D eigenvalue weighted by atomic mass is 10.1. The van der Waals surface area contributed by atoms with Crippen molar-refractivity contribution in [2.24, 2.45) is 5.92 Å². The lowest BCUT2D eigenvalue weighted by Crippen LogP contribution is -2.29. The van der Waals surface area contributed by atoms with E-state index in [9.17, 15) is 9.59 Å². The van der Waals surface area contributed by atoms with Crippen molar-refractivity contribution >= 4 is 12.1 Å². The van der Waals surface area contributed by atoms with Crippen LogP contribution in [0.3, 0.4) is 0 Å². The maximum Gasteiger partial charge on any atom is 0.508 e. The zero-order chi connectivity index (χ0) is 11.8. The fraction of sp³-hybridized carbons (Fsp3) is 0.800. The Morgan fingerprint density at radius 3 is 2.07 bits per heavy atom. The van der Waals surface area contributed by atoms with Crippen LogP contribution in [0, 0.1) is 5.92 Å². The second-order valence-corrected chi connectivity index (χ2v) is 3.05. The van der Waals surface area contributed by atoms with Gasteiger partial charge in [0.05, 0.1) is 19.1 Å². The Kier molecular flexibility index (Phi) is 6.49. The van der Waals surface area contributed by atoms with Crippen molar-refractivity contribution < 1.29 is 23.8 Å². The normalized spacial score (nSPS) is 13.9. The van der Waals surface area contributed by atoms with E-state index in [1.807, 2.05) is 0 Å². The Balaban J connectivity index is 4.02. The molecule has 0 aromatic carbocycles. The minimum Gasteiger partial charge on any atom is -0.466 e. The van der Waals surface area contributed by atoms with Crippen molar-refractivity contribution in [3.05, 3.63) is 0 Å². The van der Waals surface area contributed by atoms with Crippen molar-refractivity contribution in [1.82, 2.24) is 0 Å². The predicted molar refractivity (Wildman–Crippen MR) is 53.4 cm³/mol. The molecule has 88 valence electrons. The Hall–Kier alpha value is -1.26. The monoisotopic (exact) mass is 218 g/mol. The van der Waals surface area contributed by atoms with Gasteiger partial charge in [0, 0.05) is 0 Å². The van der Waals surface area contributed by atoms with Gasteiger partial charge in [0.1, 0.15) is 6.10 Å². The molecule has 0 aromatic rings. The Labute approximate surface area is 89.7 Å². The molecule has 0 rings (SSSR count). The number of carbonyl (C=O) groups excluding carboxylic acids is 2. The van der Waals surface area contributed by atoms with E-state index in [0.717, 1.165) is 0 Å². The van der Waals surface area contributed by atoms with E-state index in [2.05, 4.69) is 4.74 Å². The first-order valence-corrected chi connectivity index (χ1v) is 5.02. The molecule has 0 aromatic heterocycles. The van der Waals surface area contributed by atoms with Crippen molar-refractivity contribution in [2.75, 3.05) is 13.2 Å². The maximum absolute atomic E-state index is 11.3. The molecule has 15 heavy (non-hydrogen) atoms. The Bertz CT molecular complexity index is 214. The van der Waals surface area contributed by atoms with Crippen LogP contribution in [0.2, 0.25) is 0 Å². The molecule has 0 amide bonds. The highest BCUT2D eigenvalue weighted by molar-refractivity contribution is 5.73. The third-order valence-electron chi connectivity index (χ3n) is 1.91. The van der Waals surface area contributed by atoms with Crippen LogP contribution in [0.4, 0.5) is 4.79 Å². The third kappa shape index (κ3) is 5.24. The first-order valence-electron chi connectivity index (χ1n) is 5.02. The zero-order valence-electron chi connectivity index (χ0n) is 9.61. The van der Waals surface area contributed by atoms with E-state index in [-0.39, 0.29) is 12.6 Å². The standard InChI is InChI=1S/C10H18O5/c1-5-13-9(11)7(3)8(4)15-10(12)14-6-2/h7-8H,5-6H2,1-4H3. The van der Waals surface area contributed by atoms with Gasteiger partial charge in [-0.1, -0.05) is 0 Å². The molecule has 0 N–H and O–H groups in total. The first-order chi connectivity index (χ1) is 7.02. The minimum atomic E-state index is -0.763. The number of carbonyl (C=O) groups is 2. The number of esters is 1. The molecule has 0 bridgehead atoms. The van der Waals surface area contributed by atoms with Crippen molar-refractivity contribution in [3.63, 3.8) is 0 Å². The average Bonchev–Trinajstić information content (AvgIpc) is 2.17.